The number of fused-ring (bicyclic) bond motifs is 1. The van der Waals surface area contributed by atoms with E-state index in [2.05, 4.69) is 45.6 Å². The van der Waals surface area contributed by atoms with Crippen molar-refractivity contribution in [2.75, 3.05) is 19.8 Å². The minimum absolute atomic E-state index is 0.202. The standard InChI is InChI=1S/C14H22N4O/c1-2-4-13-15-16-14-10-17(6-7-18(13)14)9-12-5-3-8-19-11-12/h6-7,10,12-13H,2-5,8-9,11H2,1H3. The molecule has 3 rings (SSSR count). The van der Waals surface area contributed by atoms with Gasteiger partial charge in [0.25, 0.3) is 0 Å². The van der Waals surface area contributed by atoms with E-state index in [-0.39, 0.29) is 6.17 Å². The summed E-state index contributed by atoms with van der Waals surface area (Å²) in [5.74, 6) is 1.60. The molecule has 0 aromatic carbocycles. The van der Waals surface area contributed by atoms with Gasteiger partial charge in [-0.3, -0.25) is 0 Å². The average molecular weight is 262 g/mol. The predicted molar refractivity (Wildman–Crippen MR) is 72.9 cm³/mol. The molecule has 0 saturated carbocycles. The lowest BCUT2D eigenvalue weighted by atomic mass is 10.0. The minimum Gasteiger partial charge on any atom is -0.381 e. The molecule has 1 fully saturated rings. The van der Waals surface area contributed by atoms with Crippen molar-refractivity contribution in [2.24, 2.45) is 16.1 Å². The van der Waals surface area contributed by atoms with Crippen LogP contribution in [-0.4, -0.2) is 35.7 Å². The van der Waals surface area contributed by atoms with Gasteiger partial charge in [0.2, 0.25) is 0 Å². The Bertz CT molecular complexity index is 398. The molecular formula is C14H22N4O. The highest BCUT2D eigenvalue weighted by Gasteiger charge is 2.27. The number of ether oxygens (including phenoxy) is 1. The quantitative estimate of drug-likeness (QED) is 0.782. The zero-order valence-electron chi connectivity index (χ0n) is 11.5. The van der Waals surface area contributed by atoms with Crippen molar-refractivity contribution in [1.29, 1.82) is 0 Å². The number of azo groups is 1. The van der Waals surface area contributed by atoms with Gasteiger partial charge in [-0.1, -0.05) is 13.3 Å². The lowest BCUT2D eigenvalue weighted by Crippen LogP contribution is -2.32. The van der Waals surface area contributed by atoms with Crippen molar-refractivity contribution in [3.05, 3.63) is 24.4 Å². The summed E-state index contributed by atoms with van der Waals surface area (Å²) < 4.78 is 5.54. The van der Waals surface area contributed by atoms with E-state index in [4.69, 9.17) is 4.74 Å². The monoisotopic (exact) mass is 262 g/mol. The Morgan fingerprint density at radius 2 is 2.37 bits per heavy atom. The third-order valence-electron chi connectivity index (χ3n) is 3.85. The van der Waals surface area contributed by atoms with E-state index in [1.807, 2.05) is 0 Å². The third kappa shape index (κ3) is 2.81. The number of hydrogen-bond acceptors (Lipinski definition) is 5. The van der Waals surface area contributed by atoms with Crippen LogP contribution in [0, 0.1) is 5.92 Å². The van der Waals surface area contributed by atoms with Crippen molar-refractivity contribution < 1.29 is 4.74 Å². The molecular weight excluding hydrogens is 240 g/mol. The van der Waals surface area contributed by atoms with Crippen LogP contribution >= 0.6 is 0 Å². The highest BCUT2D eigenvalue weighted by molar-refractivity contribution is 5.14. The number of hydrogen-bond donors (Lipinski definition) is 0. The summed E-state index contributed by atoms with van der Waals surface area (Å²) in [4.78, 5) is 4.38. The van der Waals surface area contributed by atoms with Crippen molar-refractivity contribution in [1.82, 2.24) is 9.80 Å². The van der Waals surface area contributed by atoms with Crippen LogP contribution in [-0.2, 0) is 4.74 Å². The van der Waals surface area contributed by atoms with Gasteiger partial charge in [-0.2, -0.15) is 5.11 Å². The van der Waals surface area contributed by atoms with Crippen LogP contribution in [0.15, 0.2) is 34.6 Å². The molecule has 104 valence electrons. The molecule has 3 heterocycles. The molecule has 0 bridgehead atoms. The van der Waals surface area contributed by atoms with E-state index in [9.17, 15) is 0 Å². The molecule has 0 aliphatic carbocycles. The lowest BCUT2D eigenvalue weighted by molar-refractivity contribution is 0.0478. The van der Waals surface area contributed by atoms with Gasteiger partial charge in [-0.05, 0) is 19.3 Å². The summed E-state index contributed by atoms with van der Waals surface area (Å²) in [6.45, 7) is 5.01. The first-order valence-corrected chi connectivity index (χ1v) is 7.29. The summed E-state index contributed by atoms with van der Waals surface area (Å²) >= 11 is 0. The van der Waals surface area contributed by atoms with Crippen LogP contribution in [0.3, 0.4) is 0 Å². The first-order chi connectivity index (χ1) is 9.36. The zero-order valence-corrected chi connectivity index (χ0v) is 11.5. The lowest BCUT2D eigenvalue weighted by Gasteiger charge is -2.31. The predicted octanol–water partition coefficient (Wildman–Crippen LogP) is 2.89. The first kappa shape index (κ1) is 12.7. The molecule has 0 radical (unpaired) electrons. The molecule has 2 atom stereocenters. The Morgan fingerprint density at radius 1 is 1.42 bits per heavy atom. The SMILES string of the molecule is CCCC1N=NC2=CN(CC3CCCOC3)C=CN21. The summed E-state index contributed by atoms with van der Waals surface area (Å²) in [5, 5.41) is 8.62. The Kier molecular flexibility index (Phi) is 3.82. The molecule has 19 heavy (non-hydrogen) atoms. The van der Waals surface area contributed by atoms with Gasteiger partial charge in [0.15, 0.2) is 5.82 Å². The Hall–Kier alpha value is -1.36. The van der Waals surface area contributed by atoms with E-state index in [0.29, 0.717) is 5.92 Å². The molecule has 3 aliphatic rings. The van der Waals surface area contributed by atoms with E-state index in [1.165, 1.54) is 12.8 Å². The molecule has 5 heteroatoms. The van der Waals surface area contributed by atoms with Crippen LogP contribution in [0.25, 0.3) is 0 Å². The van der Waals surface area contributed by atoms with Crippen LogP contribution in [0.2, 0.25) is 0 Å². The second-order valence-electron chi connectivity index (χ2n) is 5.46. The number of nitrogens with zero attached hydrogens (tertiary/aromatic N) is 4. The van der Waals surface area contributed by atoms with Gasteiger partial charge < -0.3 is 14.5 Å². The molecule has 3 aliphatic heterocycles. The van der Waals surface area contributed by atoms with Gasteiger partial charge in [0.05, 0.1) is 6.61 Å². The topological polar surface area (TPSA) is 40.4 Å². The maximum atomic E-state index is 5.54. The van der Waals surface area contributed by atoms with E-state index >= 15 is 0 Å². The van der Waals surface area contributed by atoms with Gasteiger partial charge >= 0.3 is 0 Å². The second kappa shape index (κ2) is 5.74. The van der Waals surface area contributed by atoms with Crippen molar-refractivity contribution in [3.8, 4) is 0 Å². The van der Waals surface area contributed by atoms with Crippen LogP contribution in [0.1, 0.15) is 32.6 Å². The maximum absolute atomic E-state index is 5.54. The average Bonchev–Trinajstić information content (AvgIpc) is 2.83. The smallest absolute Gasteiger partial charge is 0.173 e. The third-order valence-corrected chi connectivity index (χ3v) is 3.85. The molecule has 0 spiro atoms. The molecule has 1 saturated heterocycles. The van der Waals surface area contributed by atoms with Crippen molar-refractivity contribution in [2.45, 2.75) is 38.8 Å². The van der Waals surface area contributed by atoms with E-state index in [0.717, 1.165) is 38.4 Å². The number of rotatable bonds is 4. The van der Waals surface area contributed by atoms with Gasteiger partial charge in [0.1, 0.15) is 6.17 Å². The fraction of sp³-hybridized carbons (Fsp3) is 0.714. The largest absolute Gasteiger partial charge is 0.381 e. The Balaban J connectivity index is 1.59. The molecule has 0 N–H and O–H groups in total. The second-order valence-corrected chi connectivity index (χ2v) is 5.46. The van der Waals surface area contributed by atoms with Crippen molar-refractivity contribution >= 4 is 0 Å². The summed E-state index contributed by atoms with van der Waals surface area (Å²) in [6.07, 6.45) is 11.2. The molecule has 0 aromatic heterocycles. The Morgan fingerprint density at radius 3 is 3.16 bits per heavy atom. The normalized spacial score (nSPS) is 29.6. The zero-order chi connectivity index (χ0) is 13.1. The van der Waals surface area contributed by atoms with Gasteiger partial charge in [-0.15, -0.1) is 5.11 Å². The first-order valence-electron chi connectivity index (χ1n) is 7.29. The molecule has 5 nitrogen and oxygen atoms in total. The van der Waals surface area contributed by atoms with Crippen molar-refractivity contribution in [3.63, 3.8) is 0 Å². The van der Waals surface area contributed by atoms with Crippen LogP contribution in [0.4, 0.5) is 0 Å². The highest BCUT2D eigenvalue weighted by Crippen LogP contribution is 2.28. The fourth-order valence-electron chi connectivity index (χ4n) is 2.82. The van der Waals surface area contributed by atoms with Crippen LogP contribution in [0.5, 0.6) is 0 Å². The van der Waals surface area contributed by atoms with E-state index < -0.39 is 0 Å². The van der Waals surface area contributed by atoms with Gasteiger partial charge in [-0.25, -0.2) is 0 Å². The fourth-order valence-corrected chi connectivity index (χ4v) is 2.82. The van der Waals surface area contributed by atoms with Gasteiger partial charge in [0, 0.05) is 37.7 Å². The summed E-state index contributed by atoms with van der Waals surface area (Å²) in [6, 6.07) is 0. The van der Waals surface area contributed by atoms with E-state index in [1.54, 1.807) is 0 Å². The molecule has 0 amide bonds. The summed E-state index contributed by atoms with van der Waals surface area (Å²) in [7, 11) is 0. The minimum atomic E-state index is 0.202. The molecule has 0 aromatic rings. The highest BCUT2D eigenvalue weighted by atomic mass is 16.5. The summed E-state index contributed by atoms with van der Waals surface area (Å²) in [5.41, 5.74) is 0. The Labute approximate surface area is 114 Å². The molecule has 2 unspecified atom stereocenters. The maximum Gasteiger partial charge on any atom is 0.173 e. The van der Waals surface area contributed by atoms with Crippen LogP contribution < -0.4 is 0 Å².